The minimum Gasteiger partial charge on any atom is -0.321 e. The van der Waals surface area contributed by atoms with Gasteiger partial charge in [0, 0.05) is 12.7 Å². The highest BCUT2D eigenvalue weighted by Gasteiger charge is 2.27. The lowest BCUT2D eigenvalue weighted by Crippen LogP contribution is -3.28. The Morgan fingerprint density at radius 3 is 2.10 bits per heavy atom. The van der Waals surface area contributed by atoms with Crippen molar-refractivity contribution in [1.82, 2.24) is 9.78 Å². The minimum atomic E-state index is 0.0153. The van der Waals surface area contributed by atoms with Crippen molar-refractivity contribution in [2.45, 2.75) is 27.2 Å². The Labute approximate surface area is 178 Å². The molecule has 1 aromatic heterocycles. The normalized spacial score (nSPS) is 18.8. The third kappa shape index (κ3) is 5.46. The van der Waals surface area contributed by atoms with Crippen molar-refractivity contribution in [3.8, 4) is 0 Å². The van der Waals surface area contributed by atoms with Gasteiger partial charge in [-0.25, -0.2) is 0 Å². The Bertz CT molecular complexity index is 899. The SMILES string of the molecule is CCc1ccccc1NC(=O)C[NH+]1CC[NH+](CC(=O)Nc2c(C)nn(C)c2C)CC1. The van der Waals surface area contributed by atoms with Crippen LogP contribution < -0.4 is 20.4 Å². The van der Waals surface area contributed by atoms with E-state index in [-0.39, 0.29) is 11.8 Å². The second-order valence-corrected chi connectivity index (χ2v) is 8.13. The van der Waals surface area contributed by atoms with E-state index >= 15 is 0 Å². The number of nitrogens with zero attached hydrogens (tertiary/aromatic N) is 2. The number of quaternary nitrogens is 2. The van der Waals surface area contributed by atoms with Crippen molar-refractivity contribution < 1.29 is 19.4 Å². The molecular formula is C22H34N6O2+2. The molecule has 4 N–H and O–H groups in total. The van der Waals surface area contributed by atoms with Gasteiger partial charge in [-0.15, -0.1) is 0 Å². The van der Waals surface area contributed by atoms with E-state index in [0.29, 0.717) is 13.1 Å². The summed E-state index contributed by atoms with van der Waals surface area (Å²) in [5.41, 5.74) is 4.67. The standard InChI is InChI=1S/C22H32N6O2/c1-5-18-8-6-7-9-19(18)23-20(29)14-27-10-12-28(13-11-27)15-21(30)24-22-16(2)25-26(4)17(22)3/h6-9H,5,10-15H2,1-4H3,(H,23,29)(H,24,30)/p+2. The molecule has 1 aromatic carbocycles. The van der Waals surface area contributed by atoms with Crippen LogP contribution in [-0.4, -0.2) is 60.9 Å². The number of piperazine rings is 1. The van der Waals surface area contributed by atoms with Crippen LogP contribution in [0.1, 0.15) is 23.9 Å². The van der Waals surface area contributed by atoms with Crippen molar-refractivity contribution >= 4 is 23.2 Å². The Morgan fingerprint density at radius 1 is 1.00 bits per heavy atom. The number of aromatic nitrogens is 2. The molecule has 3 rings (SSSR count). The maximum Gasteiger partial charge on any atom is 0.279 e. The zero-order valence-electron chi connectivity index (χ0n) is 18.5. The number of amides is 2. The van der Waals surface area contributed by atoms with E-state index in [1.54, 1.807) is 4.68 Å². The third-order valence-electron chi connectivity index (χ3n) is 5.93. The van der Waals surface area contributed by atoms with Gasteiger partial charge in [0.2, 0.25) is 0 Å². The quantitative estimate of drug-likeness (QED) is 0.467. The van der Waals surface area contributed by atoms with E-state index in [0.717, 1.165) is 60.9 Å². The highest BCUT2D eigenvalue weighted by Crippen LogP contribution is 2.17. The van der Waals surface area contributed by atoms with Crippen LogP contribution in [0.15, 0.2) is 24.3 Å². The first-order chi connectivity index (χ1) is 14.4. The lowest BCUT2D eigenvalue weighted by Gasteiger charge is -2.29. The molecule has 0 aliphatic carbocycles. The van der Waals surface area contributed by atoms with Crippen molar-refractivity contribution in [2.24, 2.45) is 7.05 Å². The molecule has 0 bridgehead atoms. The predicted octanol–water partition coefficient (Wildman–Crippen LogP) is -1.04. The van der Waals surface area contributed by atoms with E-state index in [1.165, 1.54) is 9.80 Å². The smallest absolute Gasteiger partial charge is 0.279 e. The van der Waals surface area contributed by atoms with Gasteiger partial charge in [0.05, 0.1) is 17.1 Å². The Hall–Kier alpha value is -2.71. The minimum absolute atomic E-state index is 0.0153. The van der Waals surface area contributed by atoms with Gasteiger partial charge in [0.15, 0.2) is 13.1 Å². The zero-order valence-corrected chi connectivity index (χ0v) is 18.5. The van der Waals surface area contributed by atoms with Gasteiger partial charge in [-0.3, -0.25) is 14.3 Å². The highest BCUT2D eigenvalue weighted by molar-refractivity contribution is 5.93. The summed E-state index contributed by atoms with van der Waals surface area (Å²) in [4.78, 5) is 27.5. The van der Waals surface area contributed by atoms with Crippen LogP contribution in [0.3, 0.4) is 0 Å². The van der Waals surface area contributed by atoms with E-state index in [1.807, 2.05) is 45.2 Å². The van der Waals surface area contributed by atoms with Gasteiger partial charge in [0.1, 0.15) is 26.2 Å². The van der Waals surface area contributed by atoms with Crippen LogP contribution in [0.4, 0.5) is 11.4 Å². The average molecular weight is 415 g/mol. The maximum atomic E-state index is 12.5. The number of benzene rings is 1. The molecule has 8 nitrogen and oxygen atoms in total. The van der Waals surface area contributed by atoms with Gasteiger partial charge in [0.25, 0.3) is 11.8 Å². The van der Waals surface area contributed by atoms with Crippen molar-refractivity contribution in [3.63, 3.8) is 0 Å². The van der Waals surface area contributed by atoms with Gasteiger partial charge in [-0.05, 0) is 31.9 Å². The molecule has 0 saturated carbocycles. The van der Waals surface area contributed by atoms with Crippen LogP contribution in [0.5, 0.6) is 0 Å². The highest BCUT2D eigenvalue weighted by atomic mass is 16.2. The Morgan fingerprint density at radius 2 is 1.57 bits per heavy atom. The van der Waals surface area contributed by atoms with Crippen LogP contribution in [-0.2, 0) is 23.1 Å². The lowest BCUT2D eigenvalue weighted by atomic mass is 10.1. The topological polar surface area (TPSA) is 84.9 Å². The van der Waals surface area contributed by atoms with E-state index < -0.39 is 0 Å². The first-order valence-electron chi connectivity index (χ1n) is 10.7. The van der Waals surface area contributed by atoms with E-state index in [4.69, 9.17) is 0 Å². The van der Waals surface area contributed by atoms with Crippen molar-refractivity contribution in [2.75, 3.05) is 49.9 Å². The van der Waals surface area contributed by atoms with Gasteiger partial charge >= 0.3 is 0 Å². The molecule has 2 aromatic rings. The van der Waals surface area contributed by atoms with Crippen LogP contribution >= 0.6 is 0 Å². The number of aryl methyl sites for hydroxylation is 3. The van der Waals surface area contributed by atoms with Crippen molar-refractivity contribution in [1.29, 1.82) is 0 Å². The molecule has 0 spiro atoms. The number of carbonyl (C=O) groups excluding carboxylic acids is 2. The fourth-order valence-corrected chi connectivity index (χ4v) is 4.05. The first-order valence-corrected chi connectivity index (χ1v) is 10.7. The summed E-state index contributed by atoms with van der Waals surface area (Å²) in [6.45, 7) is 10.4. The van der Waals surface area contributed by atoms with Gasteiger partial charge < -0.3 is 20.4 Å². The fourth-order valence-electron chi connectivity index (χ4n) is 4.05. The second-order valence-electron chi connectivity index (χ2n) is 8.13. The summed E-state index contributed by atoms with van der Waals surface area (Å²) in [6.07, 6.45) is 0.894. The molecular weight excluding hydrogens is 380 g/mol. The Balaban J connectivity index is 1.43. The van der Waals surface area contributed by atoms with E-state index in [9.17, 15) is 9.59 Å². The number of para-hydroxylation sites is 1. The van der Waals surface area contributed by atoms with Gasteiger partial charge in [-0.2, -0.15) is 5.10 Å². The molecule has 0 radical (unpaired) electrons. The molecule has 0 atom stereocenters. The van der Waals surface area contributed by atoms with Crippen LogP contribution in [0, 0.1) is 13.8 Å². The molecule has 1 aliphatic heterocycles. The number of hydrogen-bond acceptors (Lipinski definition) is 3. The summed E-state index contributed by atoms with van der Waals surface area (Å²) in [7, 11) is 1.88. The molecule has 30 heavy (non-hydrogen) atoms. The summed E-state index contributed by atoms with van der Waals surface area (Å²) in [6, 6.07) is 7.95. The van der Waals surface area contributed by atoms with Crippen LogP contribution in [0.2, 0.25) is 0 Å². The number of carbonyl (C=O) groups is 2. The van der Waals surface area contributed by atoms with Gasteiger partial charge in [-0.1, -0.05) is 25.1 Å². The molecule has 162 valence electrons. The molecule has 1 saturated heterocycles. The zero-order chi connectivity index (χ0) is 21.7. The Kier molecular flexibility index (Phi) is 7.23. The number of rotatable bonds is 7. The monoisotopic (exact) mass is 414 g/mol. The summed E-state index contributed by atoms with van der Waals surface area (Å²) in [5, 5.41) is 10.4. The lowest BCUT2D eigenvalue weighted by molar-refractivity contribution is -1.00. The van der Waals surface area contributed by atoms with Crippen molar-refractivity contribution in [3.05, 3.63) is 41.2 Å². The molecule has 2 amide bonds. The van der Waals surface area contributed by atoms with Crippen LogP contribution in [0.25, 0.3) is 0 Å². The molecule has 2 heterocycles. The molecule has 1 aliphatic rings. The number of nitrogens with one attached hydrogen (secondary N) is 4. The largest absolute Gasteiger partial charge is 0.321 e. The fraction of sp³-hybridized carbons (Fsp3) is 0.500. The summed E-state index contributed by atoms with van der Waals surface area (Å²) < 4.78 is 1.78. The first kappa shape index (κ1) is 22.0. The summed E-state index contributed by atoms with van der Waals surface area (Å²) in [5.74, 6) is 0.0659. The summed E-state index contributed by atoms with van der Waals surface area (Å²) >= 11 is 0. The second kappa shape index (κ2) is 9.86. The molecule has 8 heteroatoms. The average Bonchev–Trinajstić information content (AvgIpc) is 2.96. The molecule has 1 fully saturated rings. The maximum absolute atomic E-state index is 12.5. The number of hydrogen-bond donors (Lipinski definition) is 4. The predicted molar refractivity (Wildman–Crippen MR) is 117 cm³/mol. The molecule has 0 unspecified atom stereocenters. The third-order valence-corrected chi connectivity index (χ3v) is 5.93. The van der Waals surface area contributed by atoms with E-state index in [2.05, 4.69) is 22.7 Å². The number of anilines is 2.